The van der Waals surface area contributed by atoms with Gasteiger partial charge in [0.1, 0.15) is 11.4 Å². The first-order valence-corrected chi connectivity index (χ1v) is 9.49. The van der Waals surface area contributed by atoms with Crippen LogP contribution in [0.5, 0.6) is 11.5 Å². The van der Waals surface area contributed by atoms with Crippen LogP contribution in [-0.4, -0.2) is 43.0 Å². The molecule has 5 rings (SSSR count). The molecular formula is C22H19FN6O3. The first-order valence-electron chi connectivity index (χ1n) is 11.0. The minimum absolute atomic E-state index is 0.316. The van der Waals surface area contributed by atoms with E-state index in [1.165, 1.54) is 24.9 Å². The lowest BCUT2D eigenvalue weighted by Crippen LogP contribution is -2.22. The van der Waals surface area contributed by atoms with Gasteiger partial charge in [0.15, 0.2) is 11.6 Å². The molecule has 4 heterocycles. The van der Waals surface area contributed by atoms with Gasteiger partial charge in [-0.1, -0.05) is 0 Å². The smallest absolute Gasteiger partial charge is 0.333 e. The van der Waals surface area contributed by atoms with Gasteiger partial charge >= 0.3 is 5.69 Å². The molecule has 32 heavy (non-hydrogen) atoms. The zero-order chi connectivity index (χ0) is 25.1. The van der Waals surface area contributed by atoms with Crippen molar-refractivity contribution in [1.82, 2.24) is 28.9 Å². The second-order valence-electron chi connectivity index (χ2n) is 7.21. The minimum atomic E-state index is -2.89. The molecule has 0 aliphatic heterocycles. The molecule has 0 amide bonds. The number of ether oxygens (including phenoxy) is 2. The minimum Gasteiger partial charge on any atom is -0.496 e. The number of rotatable bonds is 4. The summed E-state index contributed by atoms with van der Waals surface area (Å²) in [6, 6.07) is 3.49. The molecule has 4 aromatic heterocycles. The number of imidazole rings is 1. The first kappa shape index (κ1) is 16.5. The Balaban J connectivity index is 1.92. The van der Waals surface area contributed by atoms with Crippen LogP contribution in [0, 0.1) is 5.82 Å². The SMILES string of the molecule is [2H]C([2H])([2H])Oc1cncc(F)c1-n1c(=O)n(C)c2cnc3cc(OC)c(-c4cnn(C)c4)cc3c21. The molecule has 1 aromatic carbocycles. The van der Waals surface area contributed by atoms with E-state index < -0.39 is 24.3 Å². The van der Waals surface area contributed by atoms with Crippen molar-refractivity contribution in [1.29, 1.82) is 0 Å². The fourth-order valence-corrected chi connectivity index (χ4v) is 3.89. The zero-order valence-corrected chi connectivity index (χ0v) is 17.3. The van der Waals surface area contributed by atoms with Crippen LogP contribution in [0.1, 0.15) is 4.11 Å². The quantitative estimate of drug-likeness (QED) is 0.430. The predicted molar refractivity (Wildman–Crippen MR) is 117 cm³/mol. The lowest BCUT2D eigenvalue weighted by molar-refractivity contribution is 0.406. The van der Waals surface area contributed by atoms with Crippen molar-refractivity contribution >= 4 is 21.9 Å². The Morgan fingerprint density at radius 3 is 2.66 bits per heavy atom. The van der Waals surface area contributed by atoms with E-state index in [1.54, 1.807) is 36.3 Å². The van der Waals surface area contributed by atoms with Crippen LogP contribution in [0.4, 0.5) is 4.39 Å². The molecule has 0 fully saturated rings. The van der Waals surface area contributed by atoms with Crippen LogP contribution in [0.25, 0.3) is 38.8 Å². The topological polar surface area (TPSA) is 89.0 Å². The Hall–Kier alpha value is -4.21. The van der Waals surface area contributed by atoms with Crippen molar-refractivity contribution in [3.05, 3.63) is 59.4 Å². The molecule has 0 saturated carbocycles. The molecule has 0 saturated heterocycles. The van der Waals surface area contributed by atoms with Crippen molar-refractivity contribution < 1.29 is 18.0 Å². The molecule has 0 atom stereocenters. The van der Waals surface area contributed by atoms with Gasteiger partial charge in [0, 0.05) is 42.9 Å². The van der Waals surface area contributed by atoms with Crippen molar-refractivity contribution in [3.63, 3.8) is 0 Å². The third-order valence-corrected chi connectivity index (χ3v) is 5.39. The number of aromatic nitrogens is 6. The van der Waals surface area contributed by atoms with Crippen LogP contribution < -0.4 is 15.2 Å². The van der Waals surface area contributed by atoms with Crippen LogP contribution in [0.15, 0.2) is 47.9 Å². The summed E-state index contributed by atoms with van der Waals surface area (Å²) in [5.74, 6) is -0.790. The maximum Gasteiger partial charge on any atom is 0.333 e. The van der Waals surface area contributed by atoms with Crippen LogP contribution >= 0.6 is 0 Å². The normalized spacial score (nSPS) is 13.2. The third kappa shape index (κ3) is 2.76. The standard InChI is InChI=1S/C22H19FN6O3/c1-27-11-12(7-26-27)13-5-14-16(6-18(13)31-3)25-9-17-20(14)29(22(30)28(17)2)21-15(23)8-24-10-19(21)32-4/h5-11H,1-4H3/i4D3. The van der Waals surface area contributed by atoms with E-state index >= 15 is 4.39 Å². The molecular weight excluding hydrogens is 415 g/mol. The van der Waals surface area contributed by atoms with E-state index in [9.17, 15) is 4.79 Å². The number of hydrogen-bond donors (Lipinski definition) is 0. The largest absolute Gasteiger partial charge is 0.496 e. The Bertz CT molecular complexity index is 1670. The average molecular weight is 437 g/mol. The summed E-state index contributed by atoms with van der Waals surface area (Å²) in [5, 5.41) is 4.72. The van der Waals surface area contributed by atoms with Crippen molar-refractivity contribution in [2.24, 2.45) is 14.1 Å². The fourth-order valence-electron chi connectivity index (χ4n) is 3.89. The molecule has 0 N–H and O–H groups in total. The van der Waals surface area contributed by atoms with E-state index in [4.69, 9.17) is 13.6 Å². The summed E-state index contributed by atoms with van der Waals surface area (Å²) in [6.07, 6.45) is 6.91. The fraction of sp³-hybridized carbons (Fsp3) is 0.182. The molecule has 0 spiro atoms. The highest BCUT2D eigenvalue weighted by Crippen LogP contribution is 2.37. The Labute approximate surface area is 185 Å². The van der Waals surface area contributed by atoms with Gasteiger partial charge in [-0.15, -0.1) is 0 Å². The van der Waals surface area contributed by atoms with Crippen LogP contribution in [-0.2, 0) is 14.1 Å². The number of nitrogens with zero attached hydrogens (tertiary/aromatic N) is 6. The molecule has 0 unspecified atom stereocenters. The molecule has 0 aliphatic rings. The van der Waals surface area contributed by atoms with E-state index in [-0.39, 0.29) is 5.69 Å². The highest BCUT2D eigenvalue weighted by molar-refractivity contribution is 6.05. The Morgan fingerprint density at radius 2 is 1.94 bits per heavy atom. The van der Waals surface area contributed by atoms with E-state index in [2.05, 4.69) is 15.1 Å². The lowest BCUT2D eigenvalue weighted by Gasteiger charge is -2.13. The van der Waals surface area contributed by atoms with Gasteiger partial charge in [-0.2, -0.15) is 5.10 Å². The van der Waals surface area contributed by atoms with Gasteiger partial charge in [0.25, 0.3) is 0 Å². The molecule has 5 aromatic rings. The predicted octanol–water partition coefficient (Wildman–Crippen LogP) is 2.83. The van der Waals surface area contributed by atoms with Gasteiger partial charge in [-0.25, -0.2) is 9.18 Å². The number of benzene rings is 1. The van der Waals surface area contributed by atoms with Crippen LogP contribution in [0.2, 0.25) is 0 Å². The molecule has 162 valence electrons. The number of fused-ring (bicyclic) bond motifs is 3. The maximum atomic E-state index is 15.2. The van der Waals surface area contributed by atoms with Crippen LogP contribution in [0.3, 0.4) is 0 Å². The summed E-state index contributed by atoms with van der Waals surface area (Å²) in [4.78, 5) is 21.5. The monoisotopic (exact) mass is 437 g/mol. The highest BCUT2D eigenvalue weighted by Gasteiger charge is 2.23. The molecule has 10 heteroatoms. The van der Waals surface area contributed by atoms with Gasteiger partial charge < -0.3 is 9.47 Å². The summed E-state index contributed by atoms with van der Waals surface area (Å²) in [5.41, 5.74) is 1.66. The summed E-state index contributed by atoms with van der Waals surface area (Å²) in [6.45, 7) is 0. The average Bonchev–Trinajstić information content (AvgIpc) is 3.34. The number of pyridine rings is 2. The van der Waals surface area contributed by atoms with Gasteiger partial charge in [0.05, 0.1) is 59.6 Å². The van der Waals surface area contributed by atoms with Gasteiger partial charge in [-0.05, 0) is 6.07 Å². The second-order valence-corrected chi connectivity index (χ2v) is 7.21. The summed E-state index contributed by atoms with van der Waals surface area (Å²) < 4.78 is 52.1. The maximum absolute atomic E-state index is 15.2. The van der Waals surface area contributed by atoms with E-state index in [1.807, 2.05) is 0 Å². The van der Waals surface area contributed by atoms with Crippen molar-refractivity contribution in [2.45, 2.75) is 0 Å². The van der Waals surface area contributed by atoms with E-state index in [0.29, 0.717) is 33.2 Å². The van der Waals surface area contributed by atoms with Gasteiger partial charge in [-0.3, -0.25) is 23.8 Å². The Kier molecular flexibility index (Phi) is 3.70. The highest BCUT2D eigenvalue weighted by atomic mass is 19.1. The first-order chi connectivity index (χ1) is 16.6. The molecule has 0 bridgehead atoms. The van der Waals surface area contributed by atoms with Crippen molar-refractivity contribution in [3.8, 4) is 28.3 Å². The Morgan fingerprint density at radius 1 is 1.09 bits per heavy atom. The lowest BCUT2D eigenvalue weighted by atomic mass is 10.0. The van der Waals surface area contributed by atoms with E-state index in [0.717, 1.165) is 22.5 Å². The molecule has 9 nitrogen and oxygen atoms in total. The zero-order valence-electron chi connectivity index (χ0n) is 20.3. The number of methoxy groups -OCH3 is 2. The number of hydrogen-bond acceptors (Lipinski definition) is 6. The van der Waals surface area contributed by atoms with Gasteiger partial charge in [0.2, 0.25) is 0 Å². The summed E-state index contributed by atoms with van der Waals surface area (Å²) >= 11 is 0. The second kappa shape index (κ2) is 7.19. The number of halogens is 1. The molecule has 0 radical (unpaired) electrons. The molecule has 0 aliphatic carbocycles. The number of aryl methyl sites for hydroxylation is 2. The third-order valence-electron chi connectivity index (χ3n) is 5.39. The van der Waals surface area contributed by atoms with Crippen molar-refractivity contribution in [2.75, 3.05) is 14.1 Å². The summed E-state index contributed by atoms with van der Waals surface area (Å²) in [7, 11) is 1.94.